The van der Waals surface area contributed by atoms with Crippen molar-refractivity contribution in [2.45, 2.75) is 27.2 Å². The summed E-state index contributed by atoms with van der Waals surface area (Å²) in [4.78, 5) is 25.1. The van der Waals surface area contributed by atoms with Gasteiger partial charge in [-0.25, -0.2) is 0 Å². The molecule has 1 rings (SSSR count). The van der Waals surface area contributed by atoms with Gasteiger partial charge >= 0.3 is 5.97 Å². The second-order valence-electron chi connectivity index (χ2n) is 5.79. The zero-order valence-electron chi connectivity index (χ0n) is 14.4. The van der Waals surface area contributed by atoms with Crippen LogP contribution in [0.3, 0.4) is 0 Å². The number of hydrogen-bond acceptors (Lipinski definition) is 4. The van der Waals surface area contributed by atoms with E-state index in [4.69, 9.17) is 14.6 Å². The average Bonchev–Trinajstić information content (AvgIpc) is 2.50. The van der Waals surface area contributed by atoms with Crippen molar-refractivity contribution in [3.8, 4) is 11.5 Å². The molecule has 0 saturated carbocycles. The summed E-state index contributed by atoms with van der Waals surface area (Å²) in [7, 11) is 3.07. The summed E-state index contributed by atoms with van der Waals surface area (Å²) in [6.07, 6.45) is -0.0847. The van der Waals surface area contributed by atoms with Crippen LogP contribution in [0.5, 0.6) is 11.5 Å². The lowest BCUT2D eigenvalue weighted by Gasteiger charge is -2.24. The maximum absolute atomic E-state index is 12.8. The second kappa shape index (κ2) is 8.41. The van der Waals surface area contributed by atoms with Crippen LogP contribution in [0.25, 0.3) is 0 Å². The molecule has 0 spiro atoms. The first-order valence-corrected chi connectivity index (χ1v) is 7.53. The van der Waals surface area contributed by atoms with Crippen LogP contribution in [0.1, 0.15) is 36.2 Å². The molecule has 0 aliphatic rings. The fourth-order valence-corrected chi connectivity index (χ4v) is 2.34. The fourth-order valence-electron chi connectivity index (χ4n) is 2.34. The summed E-state index contributed by atoms with van der Waals surface area (Å²) >= 11 is 0. The van der Waals surface area contributed by atoms with E-state index >= 15 is 0 Å². The van der Waals surface area contributed by atoms with E-state index < -0.39 is 5.97 Å². The van der Waals surface area contributed by atoms with E-state index in [0.29, 0.717) is 23.6 Å². The van der Waals surface area contributed by atoms with Gasteiger partial charge in [-0.05, 0) is 25.0 Å². The molecule has 0 aromatic heterocycles. The van der Waals surface area contributed by atoms with Crippen LogP contribution >= 0.6 is 0 Å². The highest BCUT2D eigenvalue weighted by Crippen LogP contribution is 2.30. The van der Waals surface area contributed by atoms with E-state index in [2.05, 4.69) is 0 Å². The van der Waals surface area contributed by atoms with Crippen LogP contribution < -0.4 is 9.47 Å². The van der Waals surface area contributed by atoms with Gasteiger partial charge in [0, 0.05) is 24.2 Å². The number of carboxylic acid groups (broad SMARTS) is 1. The van der Waals surface area contributed by atoms with Crippen molar-refractivity contribution in [2.24, 2.45) is 5.92 Å². The number of ether oxygens (including phenoxy) is 2. The lowest BCUT2D eigenvalue weighted by Crippen LogP contribution is -2.36. The number of amides is 1. The normalized spacial score (nSPS) is 10.5. The highest BCUT2D eigenvalue weighted by Gasteiger charge is 2.20. The molecule has 6 heteroatoms. The van der Waals surface area contributed by atoms with Crippen LogP contribution in [0.2, 0.25) is 0 Å². The summed E-state index contributed by atoms with van der Waals surface area (Å²) in [5.74, 6) is 0.218. The number of aliphatic carboxylic acids is 1. The third-order valence-corrected chi connectivity index (χ3v) is 3.47. The molecular formula is C17H25NO5. The Labute approximate surface area is 137 Å². The van der Waals surface area contributed by atoms with E-state index in [1.165, 1.54) is 14.2 Å². The Morgan fingerprint density at radius 3 is 2.09 bits per heavy atom. The summed E-state index contributed by atoms with van der Waals surface area (Å²) in [5.41, 5.74) is 1.24. The molecular weight excluding hydrogens is 298 g/mol. The number of methoxy groups -OCH3 is 2. The van der Waals surface area contributed by atoms with Crippen molar-refractivity contribution >= 4 is 11.9 Å². The summed E-state index contributed by atoms with van der Waals surface area (Å²) in [6.45, 7) is 6.48. The third kappa shape index (κ3) is 5.16. The molecule has 0 aliphatic heterocycles. The zero-order valence-corrected chi connectivity index (χ0v) is 14.4. The summed E-state index contributed by atoms with van der Waals surface area (Å²) < 4.78 is 10.6. The lowest BCUT2D eigenvalue weighted by molar-refractivity contribution is -0.137. The maximum Gasteiger partial charge on any atom is 0.305 e. The molecule has 1 N–H and O–H groups in total. The van der Waals surface area contributed by atoms with Crippen LogP contribution in [-0.4, -0.2) is 49.2 Å². The molecule has 1 aromatic carbocycles. The molecule has 0 aliphatic carbocycles. The standard InChI is InChI=1S/C17H25NO5/c1-11(2)10-18(7-6-16(19)20)17(21)13-8-14(22-4)12(3)15(9-13)23-5/h8-9,11H,6-7,10H2,1-5H3,(H,19,20). The average molecular weight is 323 g/mol. The topological polar surface area (TPSA) is 76.1 Å². The predicted octanol–water partition coefficient (Wildman–Crippen LogP) is 2.59. The molecule has 0 saturated heterocycles. The van der Waals surface area contributed by atoms with Gasteiger partial charge in [0.15, 0.2) is 0 Å². The predicted molar refractivity (Wildman–Crippen MR) is 87.3 cm³/mol. The van der Waals surface area contributed by atoms with E-state index in [9.17, 15) is 9.59 Å². The van der Waals surface area contributed by atoms with Crippen molar-refractivity contribution < 1.29 is 24.2 Å². The minimum absolute atomic E-state index is 0.0847. The van der Waals surface area contributed by atoms with Gasteiger partial charge in [0.2, 0.25) is 0 Å². The van der Waals surface area contributed by atoms with E-state index in [-0.39, 0.29) is 24.8 Å². The quantitative estimate of drug-likeness (QED) is 0.796. The molecule has 0 heterocycles. The monoisotopic (exact) mass is 323 g/mol. The number of benzene rings is 1. The number of nitrogens with zero attached hydrogens (tertiary/aromatic N) is 1. The highest BCUT2D eigenvalue weighted by atomic mass is 16.5. The minimum Gasteiger partial charge on any atom is -0.496 e. The van der Waals surface area contributed by atoms with Crippen molar-refractivity contribution in [2.75, 3.05) is 27.3 Å². The Morgan fingerprint density at radius 2 is 1.70 bits per heavy atom. The molecule has 0 bridgehead atoms. The number of carbonyl (C=O) groups is 2. The molecule has 0 unspecified atom stereocenters. The SMILES string of the molecule is COc1cc(C(=O)N(CCC(=O)O)CC(C)C)cc(OC)c1C. The van der Waals surface area contributed by atoms with E-state index in [1.807, 2.05) is 20.8 Å². The summed E-state index contributed by atoms with van der Waals surface area (Å²) in [6, 6.07) is 3.32. The maximum atomic E-state index is 12.8. The molecule has 6 nitrogen and oxygen atoms in total. The fraction of sp³-hybridized carbons (Fsp3) is 0.529. The minimum atomic E-state index is -0.925. The van der Waals surface area contributed by atoms with Crippen molar-refractivity contribution in [1.82, 2.24) is 4.90 Å². The van der Waals surface area contributed by atoms with Gasteiger partial charge in [-0.15, -0.1) is 0 Å². The largest absolute Gasteiger partial charge is 0.496 e. The van der Waals surface area contributed by atoms with Gasteiger partial charge in [-0.2, -0.15) is 0 Å². The van der Waals surface area contributed by atoms with Crippen LogP contribution in [-0.2, 0) is 4.79 Å². The molecule has 128 valence electrons. The van der Waals surface area contributed by atoms with Crippen LogP contribution in [0, 0.1) is 12.8 Å². The van der Waals surface area contributed by atoms with Gasteiger partial charge in [0.1, 0.15) is 11.5 Å². The molecule has 0 fully saturated rings. The van der Waals surface area contributed by atoms with Crippen LogP contribution in [0.4, 0.5) is 0 Å². The Balaban J connectivity index is 3.13. The third-order valence-electron chi connectivity index (χ3n) is 3.47. The summed E-state index contributed by atoms with van der Waals surface area (Å²) in [5, 5.41) is 8.87. The Bertz CT molecular complexity index is 543. The van der Waals surface area contributed by atoms with Gasteiger partial charge in [-0.1, -0.05) is 13.8 Å². The van der Waals surface area contributed by atoms with E-state index in [0.717, 1.165) is 5.56 Å². The van der Waals surface area contributed by atoms with Gasteiger partial charge in [0.25, 0.3) is 5.91 Å². The number of carboxylic acids is 1. The molecule has 1 amide bonds. The molecule has 1 aromatic rings. The van der Waals surface area contributed by atoms with Crippen molar-refractivity contribution in [1.29, 1.82) is 0 Å². The second-order valence-corrected chi connectivity index (χ2v) is 5.79. The Morgan fingerprint density at radius 1 is 1.17 bits per heavy atom. The number of hydrogen-bond donors (Lipinski definition) is 1. The Hall–Kier alpha value is -2.24. The number of rotatable bonds is 8. The van der Waals surface area contributed by atoms with Gasteiger partial charge in [0.05, 0.1) is 20.6 Å². The first-order chi connectivity index (χ1) is 10.8. The van der Waals surface area contributed by atoms with Crippen molar-refractivity contribution in [3.05, 3.63) is 23.3 Å². The molecule has 0 atom stereocenters. The Kier molecular flexibility index (Phi) is 6.88. The van der Waals surface area contributed by atoms with Crippen molar-refractivity contribution in [3.63, 3.8) is 0 Å². The highest BCUT2D eigenvalue weighted by molar-refractivity contribution is 5.95. The smallest absolute Gasteiger partial charge is 0.305 e. The van der Waals surface area contributed by atoms with Gasteiger partial charge < -0.3 is 19.5 Å². The van der Waals surface area contributed by atoms with Crippen LogP contribution in [0.15, 0.2) is 12.1 Å². The zero-order chi connectivity index (χ0) is 17.6. The van der Waals surface area contributed by atoms with Gasteiger partial charge in [-0.3, -0.25) is 9.59 Å². The first kappa shape index (κ1) is 18.8. The van der Waals surface area contributed by atoms with E-state index in [1.54, 1.807) is 17.0 Å². The number of carbonyl (C=O) groups excluding carboxylic acids is 1. The lowest BCUT2D eigenvalue weighted by atomic mass is 10.1. The molecule has 23 heavy (non-hydrogen) atoms. The first-order valence-electron chi connectivity index (χ1n) is 7.53. The molecule has 0 radical (unpaired) electrons.